The Morgan fingerprint density at radius 1 is 1.10 bits per heavy atom. The van der Waals surface area contributed by atoms with Gasteiger partial charge >= 0.3 is 0 Å². The number of aromatic nitrogens is 1. The molecule has 2 N–H and O–H groups in total. The molecule has 1 aromatic heterocycles. The Labute approximate surface area is 170 Å². The first-order valence-electron chi connectivity index (χ1n) is 9.85. The maximum Gasteiger partial charge on any atom is 0.229 e. The number of anilines is 1. The second kappa shape index (κ2) is 6.42. The van der Waals surface area contributed by atoms with Crippen LogP contribution in [0.3, 0.4) is 0 Å². The van der Waals surface area contributed by atoms with E-state index in [1.54, 1.807) is 6.07 Å². The zero-order valence-electron chi connectivity index (χ0n) is 16.5. The molecule has 1 fully saturated rings. The van der Waals surface area contributed by atoms with Crippen LogP contribution in [0.1, 0.15) is 30.9 Å². The normalized spacial score (nSPS) is 18.4. The van der Waals surface area contributed by atoms with Gasteiger partial charge in [-0.25, -0.2) is 8.42 Å². The quantitative estimate of drug-likeness (QED) is 0.663. The first kappa shape index (κ1) is 18.4. The van der Waals surface area contributed by atoms with Crippen LogP contribution >= 0.6 is 0 Å². The van der Waals surface area contributed by atoms with Crippen LogP contribution in [0.15, 0.2) is 42.6 Å². The monoisotopic (exact) mass is 412 g/mol. The molecule has 5 rings (SSSR count). The fourth-order valence-electron chi connectivity index (χ4n) is 4.51. The molecule has 1 atom stereocenters. The fraction of sp³-hybridized carbons (Fsp3) is 0.364. The molecule has 0 amide bonds. The summed E-state index contributed by atoms with van der Waals surface area (Å²) < 4.78 is 37.7. The molecule has 0 spiro atoms. The third-order valence-electron chi connectivity index (χ3n) is 6.11. The van der Waals surface area contributed by atoms with Gasteiger partial charge in [0.05, 0.1) is 17.5 Å². The molecule has 152 valence electrons. The lowest BCUT2D eigenvalue weighted by atomic mass is 9.72. The molecular formula is C22H24N2O4S. The van der Waals surface area contributed by atoms with Gasteiger partial charge in [0.25, 0.3) is 0 Å². The van der Waals surface area contributed by atoms with Gasteiger partial charge in [0, 0.05) is 17.0 Å². The SMILES string of the molecule is CC(c1ccc2c(c1)OCCO2)(c1c[nH]c2c(NS(C)(=O)=O)cccc12)C1CC1. The van der Waals surface area contributed by atoms with Crippen molar-refractivity contribution in [3.05, 3.63) is 53.7 Å². The van der Waals surface area contributed by atoms with E-state index in [0.717, 1.165) is 22.4 Å². The molecule has 6 nitrogen and oxygen atoms in total. The summed E-state index contributed by atoms with van der Waals surface area (Å²) in [5.41, 5.74) is 3.52. The van der Waals surface area contributed by atoms with Gasteiger partial charge in [-0.15, -0.1) is 0 Å². The predicted molar refractivity (Wildman–Crippen MR) is 113 cm³/mol. The first-order valence-corrected chi connectivity index (χ1v) is 11.7. The number of hydrogen-bond acceptors (Lipinski definition) is 4. The average Bonchev–Trinajstić information content (AvgIpc) is 3.45. The van der Waals surface area contributed by atoms with E-state index in [-0.39, 0.29) is 5.41 Å². The maximum absolute atomic E-state index is 11.8. The zero-order valence-corrected chi connectivity index (χ0v) is 17.3. The Kier molecular flexibility index (Phi) is 4.07. The van der Waals surface area contributed by atoms with E-state index in [4.69, 9.17) is 9.47 Å². The van der Waals surface area contributed by atoms with Crippen LogP contribution in [0.5, 0.6) is 11.5 Å². The fourth-order valence-corrected chi connectivity index (χ4v) is 5.08. The summed E-state index contributed by atoms with van der Waals surface area (Å²) in [6.07, 6.45) is 5.52. The highest BCUT2D eigenvalue weighted by Gasteiger charge is 2.45. The summed E-state index contributed by atoms with van der Waals surface area (Å²) in [6.45, 7) is 3.41. The number of aromatic amines is 1. The second-order valence-electron chi connectivity index (χ2n) is 8.14. The Balaban J connectivity index is 1.66. The molecule has 1 unspecified atom stereocenters. The number of benzene rings is 2. The van der Waals surface area contributed by atoms with Crippen LogP contribution in [-0.2, 0) is 15.4 Å². The minimum absolute atomic E-state index is 0.211. The summed E-state index contributed by atoms with van der Waals surface area (Å²) in [5, 5.41) is 1.03. The number of hydrogen-bond donors (Lipinski definition) is 2. The molecule has 1 aliphatic carbocycles. The summed E-state index contributed by atoms with van der Waals surface area (Å²) in [5.74, 6) is 2.10. The van der Waals surface area contributed by atoms with Crippen molar-refractivity contribution in [1.82, 2.24) is 4.98 Å². The highest BCUT2D eigenvalue weighted by molar-refractivity contribution is 7.92. The van der Waals surface area contributed by atoms with Crippen molar-refractivity contribution in [3.63, 3.8) is 0 Å². The van der Waals surface area contributed by atoms with Gasteiger partial charge in [0.1, 0.15) is 13.2 Å². The van der Waals surface area contributed by atoms with Crippen LogP contribution < -0.4 is 14.2 Å². The van der Waals surface area contributed by atoms with E-state index < -0.39 is 10.0 Å². The van der Waals surface area contributed by atoms with Gasteiger partial charge in [0.15, 0.2) is 11.5 Å². The molecular weight excluding hydrogens is 388 g/mol. The Bertz CT molecular complexity index is 1200. The number of sulfonamides is 1. The molecule has 2 aromatic carbocycles. The topological polar surface area (TPSA) is 80.4 Å². The zero-order chi connectivity index (χ0) is 20.2. The molecule has 2 heterocycles. The van der Waals surface area contributed by atoms with E-state index >= 15 is 0 Å². The third-order valence-corrected chi connectivity index (χ3v) is 6.70. The number of fused-ring (bicyclic) bond motifs is 2. The predicted octanol–water partition coefficient (Wildman–Crippen LogP) is 4.03. The maximum atomic E-state index is 11.8. The molecule has 1 saturated carbocycles. The van der Waals surface area contributed by atoms with Crippen molar-refractivity contribution in [2.24, 2.45) is 5.92 Å². The van der Waals surface area contributed by atoms with E-state index in [1.807, 2.05) is 24.4 Å². The number of para-hydroxylation sites is 1. The van der Waals surface area contributed by atoms with Gasteiger partial charge in [0.2, 0.25) is 10.0 Å². The number of rotatable bonds is 5. The highest BCUT2D eigenvalue weighted by Crippen LogP contribution is 2.54. The van der Waals surface area contributed by atoms with Gasteiger partial charge in [-0.1, -0.05) is 25.1 Å². The minimum Gasteiger partial charge on any atom is -0.486 e. The Morgan fingerprint density at radius 3 is 2.59 bits per heavy atom. The number of ether oxygens (including phenoxy) is 2. The van der Waals surface area contributed by atoms with Crippen molar-refractivity contribution in [1.29, 1.82) is 0 Å². The molecule has 3 aromatic rings. The second-order valence-corrected chi connectivity index (χ2v) is 9.89. The Hall–Kier alpha value is -2.67. The van der Waals surface area contributed by atoms with Crippen LogP contribution in [-0.4, -0.2) is 32.9 Å². The van der Waals surface area contributed by atoms with E-state index in [9.17, 15) is 8.42 Å². The molecule has 0 bridgehead atoms. The molecule has 29 heavy (non-hydrogen) atoms. The minimum atomic E-state index is -3.36. The van der Waals surface area contributed by atoms with Crippen molar-refractivity contribution in [3.8, 4) is 11.5 Å². The van der Waals surface area contributed by atoms with E-state index in [2.05, 4.69) is 28.8 Å². The summed E-state index contributed by atoms with van der Waals surface area (Å²) in [4.78, 5) is 3.32. The smallest absolute Gasteiger partial charge is 0.229 e. The Morgan fingerprint density at radius 2 is 1.86 bits per heavy atom. The lowest BCUT2D eigenvalue weighted by Crippen LogP contribution is -2.26. The largest absolute Gasteiger partial charge is 0.486 e. The van der Waals surface area contributed by atoms with Crippen molar-refractivity contribution in [2.75, 3.05) is 24.2 Å². The van der Waals surface area contributed by atoms with Crippen molar-refractivity contribution >= 4 is 26.6 Å². The molecule has 2 aliphatic rings. The van der Waals surface area contributed by atoms with E-state index in [0.29, 0.717) is 24.8 Å². The van der Waals surface area contributed by atoms with Crippen molar-refractivity contribution < 1.29 is 17.9 Å². The average molecular weight is 413 g/mol. The van der Waals surface area contributed by atoms with Gasteiger partial charge in [-0.05, 0) is 48.1 Å². The van der Waals surface area contributed by atoms with Crippen LogP contribution in [0.2, 0.25) is 0 Å². The standard InChI is InChI=1S/C22H24N2O4S/c1-22(14-6-7-14,15-8-9-19-20(12-15)28-11-10-27-19)17-13-23-21-16(17)4-3-5-18(21)24-29(2,25)26/h3-5,8-9,12-14,23-24H,6-7,10-11H2,1-2H3. The van der Waals surface area contributed by atoms with Gasteiger partial charge in [-0.3, -0.25) is 4.72 Å². The van der Waals surface area contributed by atoms with Crippen LogP contribution in [0.4, 0.5) is 5.69 Å². The molecule has 0 radical (unpaired) electrons. The number of H-pyrrole nitrogens is 1. The third kappa shape index (κ3) is 3.13. The summed E-state index contributed by atoms with van der Waals surface area (Å²) in [6, 6.07) is 11.9. The van der Waals surface area contributed by atoms with Crippen LogP contribution in [0, 0.1) is 5.92 Å². The van der Waals surface area contributed by atoms with Gasteiger partial charge < -0.3 is 14.5 Å². The van der Waals surface area contributed by atoms with Crippen LogP contribution in [0.25, 0.3) is 10.9 Å². The van der Waals surface area contributed by atoms with Gasteiger partial charge in [-0.2, -0.15) is 0 Å². The summed E-state index contributed by atoms with van der Waals surface area (Å²) >= 11 is 0. The number of nitrogens with one attached hydrogen (secondary N) is 2. The molecule has 7 heteroatoms. The molecule has 0 saturated heterocycles. The van der Waals surface area contributed by atoms with Crippen molar-refractivity contribution in [2.45, 2.75) is 25.2 Å². The first-order chi connectivity index (χ1) is 13.9. The molecule has 1 aliphatic heterocycles. The summed E-state index contributed by atoms with van der Waals surface area (Å²) in [7, 11) is -3.36. The highest BCUT2D eigenvalue weighted by atomic mass is 32.2. The lowest BCUT2D eigenvalue weighted by Gasteiger charge is -2.32. The van der Waals surface area contributed by atoms with E-state index in [1.165, 1.54) is 30.2 Å². The lowest BCUT2D eigenvalue weighted by molar-refractivity contribution is 0.171.